The van der Waals surface area contributed by atoms with Crippen molar-refractivity contribution in [2.24, 2.45) is 5.41 Å². The third kappa shape index (κ3) is 7.47. The number of halogens is 1. The zero-order valence-electron chi connectivity index (χ0n) is 19.4. The molecule has 182 valence electrons. The average Bonchev–Trinajstić information content (AvgIpc) is 3.31. The van der Waals surface area contributed by atoms with Crippen LogP contribution in [0.25, 0.3) is 11.8 Å². The predicted octanol–water partition coefficient (Wildman–Crippen LogP) is 3.59. The lowest BCUT2D eigenvalue weighted by atomic mass is 9.87. The van der Waals surface area contributed by atoms with Crippen LogP contribution in [0.4, 0.5) is 5.69 Å². The molecule has 0 aliphatic heterocycles. The van der Waals surface area contributed by atoms with E-state index in [1.165, 1.54) is 41.4 Å². The first-order valence-corrected chi connectivity index (χ1v) is 11.1. The van der Waals surface area contributed by atoms with E-state index in [4.69, 9.17) is 16.7 Å². The first-order chi connectivity index (χ1) is 16.5. The standard InChI is InChI=1S/C24H25ClN6O4/c1-24(2,3)13-19(22(33)27-18-8-4-15(5-9-18)23(34)35)28-21(32)11-6-16-12-17(25)7-10-20(16)31-14-26-29-30-31/h4-12,14,19H,13H2,1-3H3,(H,27,33)(H,28,32)(H,34,35)/t19-/m0/s1. The molecule has 1 atom stereocenters. The van der Waals surface area contributed by atoms with Gasteiger partial charge in [0.1, 0.15) is 12.4 Å². The predicted molar refractivity (Wildman–Crippen MR) is 131 cm³/mol. The lowest BCUT2D eigenvalue weighted by molar-refractivity contribution is -0.124. The van der Waals surface area contributed by atoms with E-state index >= 15 is 0 Å². The van der Waals surface area contributed by atoms with Gasteiger partial charge in [0, 0.05) is 22.3 Å². The maximum atomic E-state index is 13.0. The van der Waals surface area contributed by atoms with Crippen molar-refractivity contribution in [3.63, 3.8) is 0 Å². The van der Waals surface area contributed by atoms with Gasteiger partial charge in [0.05, 0.1) is 11.3 Å². The number of carbonyl (C=O) groups is 3. The molecule has 35 heavy (non-hydrogen) atoms. The van der Waals surface area contributed by atoms with E-state index in [0.717, 1.165) is 0 Å². The summed E-state index contributed by atoms with van der Waals surface area (Å²) in [6.07, 6.45) is 4.67. The minimum atomic E-state index is -1.06. The maximum Gasteiger partial charge on any atom is 0.335 e. The fourth-order valence-corrected chi connectivity index (χ4v) is 3.45. The largest absolute Gasteiger partial charge is 0.478 e. The number of amides is 2. The SMILES string of the molecule is CC(C)(C)C[C@H](NC(=O)C=Cc1cc(Cl)ccc1-n1cnnn1)C(=O)Nc1ccc(C(=O)O)cc1. The van der Waals surface area contributed by atoms with Gasteiger partial charge in [-0.05, 0) is 70.8 Å². The van der Waals surface area contributed by atoms with E-state index in [1.54, 1.807) is 24.3 Å². The van der Waals surface area contributed by atoms with Crippen LogP contribution in [0.3, 0.4) is 0 Å². The molecule has 3 N–H and O–H groups in total. The second-order valence-corrected chi connectivity index (χ2v) is 9.43. The van der Waals surface area contributed by atoms with Crippen molar-refractivity contribution < 1.29 is 19.5 Å². The van der Waals surface area contributed by atoms with E-state index in [1.807, 2.05) is 20.8 Å². The Balaban J connectivity index is 1.75. The Morgan fingerprint density at radius 2 is 1.86 bits per heavy atom. The summed E-state index contributed by atoms with van der Waals surface area (Å²) in [5.41, 5.74) is 1.50. The Morgan fingerprint density at radius 1 is 1.14 bits per heavy atom. The third-order valence-corrected chi connectivity index (χ3v) is 5.08. The first kappa shape index (κ1) is 25.6. The van der Waals surface area contributed by atoms with E-state index in [9.17, 15) is 14.4 Å². The van der Waals surface area contributed by atoms with Crippen molar-refractivity contribution >= 4 is 41.1 Å². The summed E-state index contributed by atoms with van der Waals surface area (Å²) in [7, 11) is 0. The molecule has 0 radical (unpaired) electrons. The molecule has 2 aromatic carbocycles. The second-order valence-electron chi connectivity index (χ2n) is 8.99. The van der Waals surface area contributed by atoms with Crippen molar-refractivity contribution in [2.75, 3.05) is 5.32 Å². The van der Waals surface area contributed by atoms with E-state index in [0.29, 0.717) is 28.4 Å². The molecule has 0 saturated heterocycles. The van der Waals surface area contributed by atoms with Crippen molar-refractivity contribution in [1.29, 1.82) is 0 Å². The first-order valence-electron chi connectivity index (χ1n) is 10.7. The Morgan fingerprint density at radius 3 is 2.46 bits per heavy atom. The molecule has 0 aliphatic carbocycles. The highest BCUT2D eigenvalue weighted by Crippen LogP contribution is 2.23. The number of nitrogens with one attached hydrogen (secondary N) is 2. The molecule has 0 spiro atoms. The zero-order chi connectivity index (χ0) is 25.6. The van der Waals surface area contributed by atoms with Gasteiger partial charge in [-0.3, -0.25) is 9.59 Å². The Kier molecular flexibility index (Phi) is 7.98. The summed E-state index contributed by atoms with van der Waals surface area (Å²) in [5, 5.41) is 26.1. The monoisotopic (exact) mass is 496 g/mol. The Labute approximate surface area is 207 Å². The van der Waals surface area contributed by atoms with Crippen LogP contribution in [-0.2, 0) is 9.59 Å². The number of aromatic carboxylic acids is 1. The van der Waals surface area contributed by atoms with Gasteiger partial charge in [0.2, 0.25) is 11.8 Å². The maximum absolute atomic E-state index is 13.0. The summed E-state index contributed by atoms with van der Waals surface area (Å²) in [4.78, 5) is 36.7. The number of carboxylic acid groups (broad SMARTS) is 1. The number of nitrogens with zero attached hydrogens (tertiary/aromatic N) is 4. The smallest absolute Gasteiger partial charge is 0.335 e. The molecule has 3 aromatic rings. The number of aromatic nitrogens is 4. The van der Waals surface area contributed by atoms with Crippen LogP contribution in [-0.4, -0.2) is 49.1 Å². The molecule has 0 aliphatic rings. The number of rotatable bonds is 8. The van der Waals surface area contributed by atoms with Crippen LogP contribution in [0, 0.1) is 5.41 Å². The number of tetrazole rings is 1. The average molecular weight is 497 g/mol. The molecule has 0 bridgehead atoms. The van der Waals surface area contributed by atoms with Gasteiger partial charge in [-0.1, -0.05) is 32.4 Å². The van der Waals surface area contributed by atoms with Crippen molar-refractivity contribution in [3.8, 4) is 5.69 Å². The minimum Gasteiger partial charge on any atom is -0.478 e. The zero-order valence-corrected chi connectivity index (χ0v) is 20.2. The van der Waals surface area contributed by atoms with E-state index in [2.05, 4.69) is 26.2 Å². The highest BCUT2D eigenvalue weighted by molar-refractivity contribution is 6.30. The Hall–Kier alpha value is -4.05. The molecule has 0 fully saturated rings. The van der Waals surface area contributed by atoms with Crippen LogP contribution < -0.4 is 10.6 Å². The summed E-state index contributed by atoms with van der Waals surface area (Å²) in [5.74, 6) is -1.95. The Bertz CT molecular complexity index is 1230. The number of anilines is 1. The van der Waals surface area contributed by atoms with Gasteiger partial charge in [0.25, 0.3) is 0 Å². The normalized spacial score (nSPS) is 12.3. The molecular formula is C24H25ClN6O4. The summed E-state index contributed by atoms with van der Waals surface area (Å²) >= 11 is 6.12. The third-order valence-electron chi connectivity index (χ3n) is 4.85. The van der Waals surface area contributed by atoms with Crippen LogP contribution in [0.5, 0.6) is 0 Å². The molecule has 1 aromatic heterocycles. The molecular weight excluding hydrogens is 472 g/mol. The fraction of sp³-hybridized carbons (Fsp3) is 0.250. The van der Waals surface area contributed by atoms with Crippen LogP contribution in [0.1, 0.15) is 43.1 Å². The van der Waals surface area contributed by atoms with Crippen LogP contribution in [0.2, 0.25) is 5.02 Å². The lowest BCUT2D eigenvalue weighted by Crippen LogP contribution is -2.45. The van der Waals surface area contributed by atoms with Gasteiger partial charge < -0.3 is 15.7 Å². The summed E-state index contributed by atoms with van der Waals surface area (Å²) < 4.78 is 1.44. The lowest BCUT2D eigenvalue weighted by Gasteiger charge is -2.25. The van der Waals surface area contributed by atoms with Crippen LogP contribution in [0.15, 0.2) is 54.9 Å². The molecule has 0 unspecified atom stereocenters. The van der Waals surface area contributed by atoms with Gasteiger partial charge in [0.15, 0.2) is 0 Å². The summed E-state index contributed by atoms with van der Waals surface area (Å²) in [6, 6.07) is 10.0. The fourth-order valence-electron chi connectivity index (χ4n) is 3.27. The number of hydrogen-bond donors (Lipinski definition) is 3. The van der Waals surface area contributed by atoms with Gasteiger partial charge in [-0.2, -0.15) is 4.68 Å². The molecule has 0 saturated carbocycles. The molecule has 2 amide bonds. The van der Waals surface area contributed by atoms with Crippen molar-refractivity contribution in [2.45, 2.75) is 33.2 Å². The molecule has 1 heterocycles. The number of benzene rings is 2. The molecule has 11 heteroatoms. The number of carbonyl (C=O) groups excluding carboxylic acids is 2. The molecule has 10 nitrogen and oxygen atoms in total. The second kappa shape index (κ2) is 10.9. The molecule has 3 rings (SSSR count). The number of carboxylic acids is 1. The van der Waals surface area contributed by atoms with E-state index in [-0.39, 0.29) is 11.0 Å². The minimum absolute atomic E-state index is 0.106. The highest BCUT2D eigenvalue weighted by Gasteiger charge is 2.26. The van der Waals surface area contributed by atoms with Gasteiger partial charge in [-0.25, -0.2) is 4.79 Å². The van der Waals surface area contributed by atoms with Crippen molar-refractivity contribution in [1.82, 2.24) is 25.5 Å². The topological polar surface area (TPSA) is 139 Å². The van der Waals surface area contributed by atoms with Crippen LogP contribution >= 0.6 is 11.6 Å². The van der Waals surface area contributed by atoms with Crippen molar-refractivity contribution in [3.05, 3.63) is 71.0 Å². The van der Waals surface area contributed by atoms with Gasteiger partial charge >= 0.3 is 5.97 Å². The highest BCUT2D eigenvalue weighted by atomic mass is 35.5. The summed E-state index contributed by atoms with van der Waals surface area (Å²) in [6.45, 7) is 5.88. The van der Waals surface area contributed by atoms with Gasteiger partial charge in [-0.15, -0.1) is 5.10 Å². The quantitative estimate of drug-likeness (QED) is 0.405. The van der Waals surface area contributed by atoms with E-state index < -0.39 is 23.8 Å². The number of hydrogen-bond acceptors (Lipinski definition) is 6.